The van der Waals surface area contributed by atoms with Gasteiger partial charge in [-0.05, 0) is 49.6 Å². The zero-order chi connectivity index (χ0) is 17.1. The van der Waals surface area contributed by atoms with Gasteiger partial charge in [0.15, 0.2) is 0 Å². The van der Waals surface area contributed by atoms with E-state index in [1.165, 1.54) is 16.1 Å². The summed E-state index contributed by atoms with van der Waals surface area (Å²) >= 11 is 1.90. The second-order valence-electron chi connectivity index (χ2n) is 6.40. The first-order valence-electron chi connectivity index (χ1n) is 8.41. The Morgan fingerprint density at radius 2 is 2.00 bits per heavy atom. The summed E-state index contributed by atoms with van der Waals surface area (Å²) in [7, 11) is 0. The van der Waals surface area contributed by atoms with Crippen molar-refractivity contribution in [1.82, 2.24) is 0 Å². The molecule has 1 N–H and O–H groups in total. The maximum absolute atomic E-state index is 12.6. The summed E-state index contributed by atoms with van der Waals surface area (Å²) in [4.78, 5) is 16.1. The number of carbonyl (C=O) groups excluding carboxylic acids is 1. The molecule has 4 heteroatoms. The van der Waals surface area contributed by atoms with E-state index < -0.39 is 0 Å². The average Bonchev–Trinajstić information content (AvgIpc) is 2.71. The van der Waals surface area contributed by atoms with Gasteiger partial charge in [-0.3, -0.25) is 4.79 Å². The fourth-order valence-electron chi connectivity index (χ4n) is 2.97. The van der Waals surface area contributed by atoms with Crippen molar-refractivity contribution in [1.29, 1.82) is 0 Å². The van der Waals surface area contributed by atoms with Gasteiger partial charge in [-0.1, -0.05) is 31.2 Å². The van der Waals surface area contributed by atoms with Gasteiger partial charge in [-0.2, -0.15) is 0 Å². The van der Waals surface area contributed by atoms with Crippen LogP contribution in [0.3, 0.4) is 0 Å². The fourth-order valence-corrected chi connectivity index (χ4v) is 4.10. The molecule has 0 radical (unpaired) electrons. The summed E-state index contributed by atoms with van der Waals surface area (Å²) in [5.41, 5.74) is 4.40. The molecule has 126 valence electrons. The van der Waals surface area contributed by atoms with E-state index in [1.807, 2.05) is 36.9 Å². The number of aryl methyl sites for hydroxylation is 1. The van der Waals surface area contributed by atoms with Gasteiger partial charge in [0, 0.05) is 22.4 Å². The van der Waals surface area contributed by atoms with Crippen LogP contribution in [0.2, 0.25) is 0 Å². The third kappa shape index (κ3) is 3.75. The molecule has 0 saturated carbocycles. The number of nitrogens with zero attached hydrogens (tertiary/aromatic N) is 1. The van der Waals surface area contributed by atoms with Crippen molar-refractivity contribution in [2.75, 3.05) is 23.3 Å². The van der Waals surface area contributed by atoms with Crippen LogP contribution in [0.15, 0.2) is 47.4 Å². The topological polar surface area (TPSA) is 32.3 Å². The standard InChI is InChI=1S/C20H24N2OS/c1-14-7-6-8-17(16(14)3)21-20(23)13-22-12-11-15(2)24-19-10-5-4-9-18(19)22/h4-10,15H,11-13H2,1-3H3,(H,21,23). The lowest BCUT2D eigenvalue weighted by Crippen LogP contribution is -2.34. The lowest BCUT2D eigenvalue weighted by atomic mass is 10.1. The van der Waals surface area contributed by atoms with Crippen LogP contribution >= 0.6 is 11.8 Å². The molecule has 0 aliphatic carbocycles. The maximum Gasteiger partial charge on any atom is 0.243 e. The molecular formula is C20H24N2OS. The van der Waals surface area contributed by atoms with Crippen molar-refractivity contribution in [3.63, 3.8) is 0 Å². The van der Waals surface area contributed by atoms with Crippen molar-refractivity contribution < 1.29 is 4.79 Å². The minimum atomic E-state index is 0.0399. The predicted molar refractivity (Wildman–Crippen MR) is 103 cm³/mol. The van der Waals surface area contributed by atoms with Gasteiger partial charge in [-0.25, -0.2) is 0 Å². The smallest absolute Gasteiger partial charge is 0.243 e. The number of nitrogens with one attached hydrogen (secondary N) is 1. The maximum atomic E-state index is 12.6. The van der Waals surface area contributed by atoms with Crippen molar-refractivity contribution >= 4 is 29.0 Å². The second-order valence-corrected chi connectivity index (χ2v) is 7.88. The van der Waals surface area contributed by atoms with E-state index in [0.29, 0.717) is 11.8 Å². The average molecular weight is 340 g/mol. The van der Waals surface area contributed by atoms with E-state index in [9.17, 15) is 4.79 Å². The minimum Gasteiger partial charge on any atom is -0.361 e. The monoisotopic (exact) mass is 340 g/mol. The molecule has 1 heterocycles. The van der Waals surface area contributed by atoms with Gasteiger partial charge in [0.25, 0.3) is 0 Å². The van der Waals surface area contributed by atoms with Crippen LogP contribution in [0.5, 0.6) is 0 Å². The Morgan fingerprint density at radius 3 is 2.83 bits per heavy atom. The van der Waals surface area contributed by atoms with E-state index in [1.54, 1.807) is 0 Å². The summed E-state index contributed by atoms with van der Waals surface area (Å²) in [6.45, 7) is 7.66. The quantitative estimate of drug-likeness (QED) is 0.884. The van der Waals surface area contributed by atoms with Crippen LogP contribution in [0.4, 0.5) is 11.4 Å². The van der Waals surface area contributed by atoms with Crippen LogP contribution in [-0.4, -0.2) is 24.2 Å². The number of para-hydroxylation sites is 1. The third-order valence-electron chi connectivity index (χ3n) is 4.55. The van der Waals surface area contributed by atoms with Gasteiger partial charge in [0.1, 0.15) is 0 Å². The van der Waals surface area contributed by atoms with Crippen molar-refractivity contribution in [3.8, 4) is 0 Å². The van der Waals surface area contributed by atoms with E-state index in [0.717, 1.165) is 24.2 Å². The molecule has 2 aromatic carbocycles. The fraction of sp³-hybridized carbons (Fsp3) is 0.350. The lowest BCUT2D eigenvalue weighted by molar-refractivity contribution is -0.115. The zero-order valence-corrected chi connectivity index (χ0v) is 15.3. The highest BCUT2D eigenvalue weighted by molar-refractivity contribution is 8.00. The van der Waals surface area contributed by atoms with E-state index >= 15 is 0 Å². The molecule has 3 rings (SSSR count). The molecule has 2 aromatic rings. The first-order valence-corrected chi connectivity index (χ1v) is 9.29. The van der Waals surface area contributed by atoms with E-state index in [-0.39, 0.29) is 5.91 Å². The van der Waals surface area contributed by atoms with Crippen molar-refractivity contribution in [3.05, 3.63) is 53.6 Å². The summed E-state index contributed by atoms with van der Waals surface area (Å²) in [6.07, 6.45) is 1.08. The van der Waals surface area contributed by atoms with Crippen LogP contribution < -0.4 is 10.2 Å². The van der Waals surface area contributed by atoms with Crippen molar-refractivity contribution in [2.24, 2.45) is 0 Å². The number of benzene rings is 2. The molecule has 1 amide bonds. The molecular weight excluding hydrogens is 316 g/mol. The normalized spacial score (nSPS) is 17.1. The zero-order valence-electron chi connectivity index (χ0n) is 14.5. The van der Waals surface area contributed by atoms with Gasteiger partial charge >= 0.3 is 0 Å². The molecule has 0 bridgehead atoms. The number of amides is 1. The Kier molecular flexibility index (Phi) is 5.14. The van der Waals surface area contributed by atoms with Crippen molar-refractivity contribution in [2.45, 2.75) is 37.3 Å². The molecule has 3 nitrogen and oxygen atoms in total. The summed E-state index contributed by atoms with van der Waals surface area (Å²) in [5.74, 6) is 0.0399. The minimum absolute atomic E-state index is 0.0399. The van der Waals surface area contributed by atoms with Crippen LogP contribution in [0.1, 0.15) is 24.5 Å². The van der Waals surface area contributed by atoms with E-state index in [2.05, 4.69) is 48.3 Å². The summed E-state index contributed by atoms with van der Waals surface area (Å²) < 4.78 is 0. The number of fused-ring (bicyclic) bond motifs is 1. The Hall–Kier alpha value is -1.94. The Bertz CT molecular complexity index is 744. The molecule has 1 aliphatic rings. The first-order chi connectivity index (χ1) is 11.5. The summed E-state index contributed by atoms with van der Waals surface area (Å²) in [6, 6.07) is 14.4. The molecule has 1 unspecified atom stereocenters. The number of hydrogen-bond acceptors (Lipinski definition) is 3. The highest BCUT2D eigenvalue weighted by atomic mass is 32.2. The molecule has 0 spiro atoms. The summed E-state index contributed by atoms with van der Waals surface area (Å²) in [5, 5.41) is 3.64. The number of hydrogen-bond donors (Lipinski definition) is 1. The molecule has 24 heavy (non-hydrogen) atoms. The van der Waals surface area contributed by atoms with Gasteiger partial charge in [-0.15, -0.1) is 11.8 Å². The largest absolute Gasteiger partial charge is 0.361 e. The lowest BCUT2D eigenvalue weighted by Gasteiger charge is -2.24. The highest BCUT2D eigenvalue weighted by Crippen LogP contribution is 2.37. The third-order valence-corrected chi connectivity index (χ3v) is 5.79. The number of carbonyl (C=O) groups is 1. The van der Waals surface area contributed by atoms with Gasteiger partial charge in [0.2, 0.25) is 5.91 Å². The van der Waals surface area contributed by atoms with Gasteiger partial charge < -0.3 is 10.2 Å². The Morgan fingerprint density at radius 1 is 1.21 bits per heavy atom. The van der Waals surface area contributed by atoms with E-state index in [4.69, 9.17) is 0 Å². The molecule has 1 aliphatic heterocycles. The molecule has 1 atom stereocenters. The Labute approximate surface area is 148 Å². The second kappa shape index (κ2) is 7.31. The number of thioether (sulfide) groups is 1. The van der Waals surface area contributed by atoms with Crippen LogP contribution in [0.25, 0.3) is 0 Å². The number of anilines is 2. The molecule has 0 aromatic heterocycles. The van der Waals surface area contributed by atoms with Crippen LogP contribution in [-0.2, 0) is 4.79 Å². The number of rotatable bonds is 3. The van der Waals surface area contributed by atoms with Gasteiger partial charge in [0.05, 0.1) is 12.2 Å². The SMILES string of the molecule is Cc1cccc(NC(=O)CN2CCC(C)Sc3ccccc32)c1C. The first kappa shape index (κ1) is 16.9. The van der Waals surface area contributed by atoms with Crippen LogP contribution in [0, 0.1) is 13.8 Å². The predicted octanol–water partition coefficient (Wildman–Crippen LogP) is 4.63. The molecule has 0 saturated heterocycles. The molecule has 0 fully saturated rings. The highest BCUT2D eigenvalue weighted by Gasteiger charge is 2.21. The Balaban J connectivity index is 1.75.